The van der Waals surface area contributed by atoms with E-state index in [-0.39, 0.29) is 23.8 Å². The number of aryl methyl sites for hydroxylation is 1. The molecule has 5 nitrogen and oxygen atoms in total. The van der Waals surface area contributed by atoms with E-state index in [0.717, 1.165) is 9.75 Å². The summed E-state index contributed by atoms with van der Waals surface area (Å²) in [5.74, 6) is 0.0928. The van der Waals surface area contributed by atoms with Crippen molar-refractivity contribution in [3.05, 3.63) is 21.9 Å². The van der Waals surface area contributed by atoms with E-state index >= 15 is 0 Å². The van der Waals surface area contributed by atoms with E-state index < -0.39 is 0 Å². The molecule has 1 amide bonds. The number of carbonyl (C=O) groups excluding carboxylic acids is 2. The molecule has 0 bridgehead atoms. The summed E-state index contributed by atoms with van der Waals surface area (Å²) in [6, 6.07) is 3.63. The number of piperazine rings is 1. The maximum atomic E-state index is 12.4. The molecule has 0 N–H and O–H groups in total. The van der Waals surface area contributed by atoms with E-state index in [9.17, 15) is 9.59 Å². The summed E-state index contributed by atoms with van der Waals surface area (Å²) in [4.78, 5) is 30.3. The van der Waals surface area contributed by atoms with Crippen LogP contribution in [0.4, 0.5) is 0 Å². The molecule has 122 valence electrons. The Morgan fingerprint density at radius 1 is 1.18 bits per heavy atom. The van der Waals surface area contributed by atoms with Crippen LogP contribution in [0.1, 0.15) is 28.4 Å². The molecule has 1 aromatic heterocycles. The van der Waals surface area contributed by atoms with E-state index in [0.29, 0.717) is 26.2 Å². The van der Waals surface area contributed by atoms with E-state index in [1.165, 1.54) is 18.4 Å². The topological polar surface area (TPSA) is 49.9 Å². The van der Waals surface area contributed by atoms with Gasteiger partial charge in [0.25, 0.3) is 5.91 Å². The minimum absolute atomic E-state index is 0.0944. The number of amides is 1. The van der Waals surface area contributed by atoms with Gasteiger partial charge in [-0.05, 0) is 25.0 Å². The van der Waals surface area contributed by atoms with Crippen molar-refractivity contribution >= 4 is 23.2 Å². The molecule has 6 heteroatoms. The summed E-state index contributed by atoms with van der Waals surface area (Å²) in [5.41, 5.74) is 0. The van der Waals surface area contributed by atoms with Crippen LogP contribution in [0, 0.1) is 12.8 Å². The number of rotatable bonds is 4. The fraction of sp³-hybridized carbons (Fsp3) is 0.625. The second-order valence-electron chi connectivity index (χ2n) is 5.95. The molecule has 1 atom stereocenters. The minimum atomic E-state index is -0.230. The number of carbonyl (C=O) groups is 2. The Morgan fingerprint density at radius 3 is 2.27 bits per heavy atom. The molecule has 1 fully saturated rings. The van der Waals surface area contributed by atoms with Gasteiger partial charge in [-0.25, -0.2) is 0 Å². The lowest BCUT2D eigenvalue weighted by molar-refractivity contribution is -0.149. The van der Waals surface area contributed by atoms with Crippen molar-refractivity contribution in [2.75, 3.05) is 33.3 Å². The molecule has 0 saturated carbocycles. The Morgan fingerprint density at radius 2 is 1.82 bits per heavy atom. The Hall–Kier alpha value is -1.40. The number of ether oxygens (including phenoxy) is 1. The monoisotopic (exact) mass is 324 g/mol. The van der Waals surface area contributed by atoms with Gasteiger partial charge in [0.1, 0.15) is 6.04 Å². The Balaban J connectivity index is 1.97. The van der Waals surface area contributed by atoms with Crippen molar-refractivity contribution in [2.24, 2.45) is 5.92 Å². The van der Waals surface area contributed by atoms with Crippen molar-refractivity contribution < 1.29 is 14.3 Å². The van der Waals surface area contributed by atoms with Crippen molar-refractivity contribution in [3.63, 3.8) is 0 Å². The maximum absolute atomic E-state index is 12.4. The molecule has 2 rings (SSSR count). The van der Waals surface area contributed by atoms with Gasteiger partial charge in [0.2, 0.25) is 0 Å². The molecule has 1 aromatic rings. The van der Waals surface area contributed by atoms with Gasteiger partial charge >= 0.3 is 5.97 Å². The van der Waals surface area contributed by atoms with Crippen LogP contribution in [-0.4, -0.2) is 61.0 Å². The number of thiophene rings is 1. The zero-order chi connectivity index (χ0) is 16.3. The summed E-state index contributed by atoms with van der Waals surface area (Å²) in [6.07, 6.45) is 0. The highest BCUT2D eigenvalue weighted by Gasteiger charge is 2.33. The fourth-order valence-corrected chi connectivity index (χ4v) is 3.71. The third kappa shape index (κ3) is 3.67. The average Bonchev–Trinajstić information content (AvgIpc) is 2.93. The summed E-state index contributed by atoms with van der Waals surface area (Å²) < 4.78 is 4.91. The average molecular weight is 324 g/mol. The van der Waals surface area contributed by atoms with E-state index in [2.05, 4.69) is 4.90 Å². The van der Waals surface area contributed by atoms with E-state index in [1.54, 1.807) is 0 Å². The van der Waals surface area contributed by atoms with E-state index in [1.807, 2.05) is 37.8 Å². The first-order chi connectivity index (χ1) is 10.4. The van der Waals surface area contributed by atoms with Crippen molar-refractivity contribution in [1.29, 1.82) is 0 Å². The molecule has 0 aromatic carbocycles. The highest BCUT2D eigenvalue weighted by molar-refractivity contribution is 7.13. The molecule has 0 spiro atoms. The van der Waals surface area contributed by atoms with Gasteiger partial charge in [0.15, 0.2) is 0 Å². The summed E-state index contributed by atoms with van der Waals surface area (Å²) in [6.45, 7) is 8.75. The van der Waals surface area contributed by atoms with Gasteiger partial charge in [0.05, 0.1) is 12.0 Å². The van der Waals surface area contributed by atoms with Crippen LogP contribution < -0.4 is 0 Å². The third-order valence-corrected chi connectivity index (χ3v) is 5.01. The Kier molecular flexibility index (Phi) is 5.58. The Labute approximate surface area is 135 Å². The molecule has 1 saturated heterocycles. The fourth-order valence-electron chi connectivity index (χ4n) is 2.87. The lowest BCUT2D eigenvalue weighted by Gasteiger charge is -2.39. The van der Waals surface area contributed by atoms with Gasteiger partial charge in [-0.15, -0.1) is 11.3 Å². The van der Waals surface area contributed by atoms with Gasteiger partial charge < -0.3 is 9.64 Å². The number of hydrogen-bond donors (Lipinski definition) is 0. The smallest absolute Gasteiger partial charge is 0.323 e. The zero-order valence-corrected chi connectivity index (χ0v) is 14.5. The van der Waals surface area contributed by atoms with Crippen molar-refractivity contribution in [2.45, 2.75) is 26.8 Å². The summed E-state index contributed by atoms with van der Waals surface area (Å²) in [7, 11) is 1.43. The molecule has 22 heavy (non-hydrogen) atoms. The first-order valence-electron chi connectivity index (χ1n) is 7.61. The predicted molar refractivity (Wildman–Crippen MR) is 87.2 cm³/mol. The summed E-state index contributed by atoms with van der Waals surface area (Å²) in [5, 5.41) is 0. The largest absolute Gasteiger partial charge is 0.468 e. The highest BCUT2D eigenvalue weighted by Crippen LogP contribution is 2.20. The molecule has 0 unspecified atom stereocenters. The molecule has 2 heterocycles. The van der Waals surface area contributed by atoms with Gasteiger partial charge in [0, 0.05) is 31.1 Å². The highest BCUT2D eigenvalue weighted by atomic mass is 32.1. The number of methoxy groups -OCH3 is 1. The van der Waals surface area contributed by atoms with Gasteiger partial charge in [-0.3, -0.25) is 14.5 Å². The molecule has 0 aliphatic carbocycles. The second-order valence-corrected chi connectivity index (χ2v) is 7.24. The van der Waals surface area contributed by atoms with Crippen LogP contribution in [0.15, 0.2) is 12.1 Å². The van der Waals surface area contributed by atoms with Crippen LogP contribution >= 0.6 is 11.3 Å². The maximum Gasteiger partial charge on any atom is 0.323 e. The van der Waals surface area contributed by atoms with Gasteiger partial charge in [-0.1, -0.05) is 13.8 Å². The zero-order valence-electron chi connectivity index (χ0n) is 13.7. The molecule has 1 aliphatic heterocycles. The third-order valence-electron chi connectivity index (χ3n) is 4.02. The molecule has 1 aliphatic rings. The van der Waals surface area contributed by atoms with Crippen LogP contribution in [0.5, 0.6) is 0 Å². The van der Waals surface area contributed by atoms with E-state index in [4.69, 9.17) is 4.74 Å². The lowest BCUT2D eigenvalue weighted by atomic mass is 10.0. The van der Waals surface area contributed by atoms with Crippen molar-refractivity contribution in [1.82, 2.24) is 9.80 Å². The number of nitrogens with zero attached hydrogens (tertiary/aromatic N) is 2. The molecule has 0 radical (unpaired) electrons. The first-order valence-corrected chi connectivity index (χ1v) is 8.43. The van der Waals surface area contributed by atoms with Crippen LogP contribution in [-0.2, 0) is 9.53 Å². The second kappa shape index (κ2) is 7.24. The molecular formula is C16H24N2O3S. The Bertz CT molecular complexity index is 533. The first kappa shape index (κ1) is 17.0. The predicted octanol–water partition coefficient (Wildman–Crippen LogP) is 2.01. The van der Waals surface area contributed by atoms with Crippen LogP contribution in [0.3, 0.4) is 0 Å². The summed E-state index contributed by atoms with van der Waals surface area (Å²) >= 11 is 1.53. The standard InChI is InChI=1S/C16H24N2O3S/c1-11(2)14(16(20)21-4)17-7-9-18(10-8-17)15(19)13-6-5-12(3)22-13/h5-6,11,14H,7-10H2,1-4H3/t14-/m0/s1. The quantitative estimate of drug-likeness (QED) is 0.795. The van der Waals surface area contributed by atoms with Crippen LogP contribution in [0.25, 0.3) is 0 Å². The SMILES string of the molecule is COC(=O)[C@H](C(C)C)N1CCN(C(=O)c2ccc(C)s2)CC1. The van der Waals surface area contributed by atoms with Gasteiger partial charge in [-0.2, -0.15) is 0 Å². The number of hydrogen-bond acceptors (Lipinski definition) is 5. The van der Waals surface area contributed by atoms with Crippen molar-refractivity contribution in [3.8, 4) is 0 Å². The minimum Gasteiger partial charge on any atom is -0.468 e. The number of esters is 1. The lowest BCUT2D eigenvalue weighted by Crippen LogP contribution is -2.55. The normalized spacial score (nSPS) is 17.6. The molecular weight excluding hydrogens is 300 g/mol. The van der Waals surface area contributed by atoms with Crippen LogP contribution in [0.2, 0.25) is 0 Å².